The van der Waals surface area contributed by atoms with Crippen molar-refractivity contribution in [1.29, 1.82) is 0 Å². The molecule has 2 aromatic carbocycles. The van der Waals surface area contributed by atoms with E-state index in [-0.39, 0.29) is 39.4 Å². The van der Waals surface area contributed by atoms with E-state index < -0.39 is 29.0 Å². The van der Waals surface area contributed by atoms with Crippen LogP contribution in [-0.2, 0) is 13.1 Å². The smallest absolute Gasteiger partial charge is 0.198 e. The summed E-state index contributed by atoms with van der Waals surface area (Å²) in [5, 5.41) is 0. The molecule has 0 bridgehead atoms. The number of thiophene rings is 3. The predicted molar refractivity (Wildman–Crippen MR) is 285 cm³/mol. The maximum absolute atomic E-state index is 14.7. The Morgan fingerprint density at radius 1 is 0.521 bits per heavy atom. The van der Waals surface area contributed by atoms with Gasteiger partial charge in [0.1, 0.15) is 5.82 Å². The standard InChI is InChI=1S/C59H57F3N2O4S3/c1-6-10-14-31(8-3)28-63-44-26-46(33-16-12-18-35(21-33)48-52(65)37-20-30(5)41(60)23-38(37)53(48)66)69-56(44)58-50(63)51-59(71-58)57-45(64(51)29-32(9-4)15-11-7-2)27-47(70-57)34-17-13-19-36(22-34)49-54(67)39-24-42(61)43(62)25-40(39)55(49)68/h20-27,31-32H,6-19,28-29H2,1-5H3/b48-35-. The van der Waals surface area contributed by atoms with Crippen molar-refractivity contribution < 1.29 is 32.3 Å². The van der Waals surface area contributed by atoms with Crippen LogP contribution in [0, 0.1) is 36.2 Å². The number of hydrogen-bond acceptors (Lipinski definition) is 7. The number of ketones is 4. The van der Waals surface area contributed by atoms with Crippen molar-refractivity contribution in [2.24, 2.45) is 11.8 Å². The van der Waals surface area contributed by atoms with Crippen LogP contribution in [0.3, 0.4) is 0 Å². The van der Waals surface area contributed by atoms with Gasteiger partial charge in [-0.1, -0.05) is 78.4 Å². The highest BCUT2D eigenvalue weighted by atomic mass is 32.1. The molecule has 4 aliphatic rings. The summed E-state index contributed by atoms with van der Waals surface area (Å²) < 4.78 is 53.5. The lowest BCUT2D eigenvalue weighted by Crippen LogP contribution is -2.12. The van der Waals surface area contributed by atoms with E-state index in [1.165, 1.54) is 59.4 Å². The minimum Gasteiger partial charge on any atom is -0.337 e. The highest BCUT2D eigenvalue weighted by Crippen LogP contribution is 2.52. The third-order valence-corrected chi connectivity index (χ3v) is 19.7. The van der Waals surface area contributed by atoms with E-state index in [9.17, 15) is 32.3 Å². The first kappa shape index (κ1) is 47.9. The fraction of sp³-hybridized carbons (Fsp3) is 0.390. The second-order valence-corrected chi connectivity index (χ2v) is 23.4. The summed E-state index contributed by atoms with van der Waals surface area (Å²) in [5.41, 5.74) is 9.41. The lowest BCUT2D eigenvalue weighted by Gasteiger charge is -2.19. The number of unbranched alkanes of at least 4 members (excludes halogenated alkanes) is 2. The van der Waals surface area contributed by atoms with Crippen LogP contribution >= 0.6 is 34.0 Å². The number of halogens is 3. The molecule has 0 saturated carbocycles. The Bertz CT molecular complexity index is 3260. The predicted octanol–water partition coefficient (Wildman–Crippen LogP) is 17.1. The van der Waals surface area contributed by atoms with Gasteiger partial charge < -0.3 is 9.13 Å². The molecule has 366 valence electrons. The Balaban J connectivity index is 1.07. The van der Waals surface area contributed by atoms with Crippen LogP contribution in [0.25, 0.3) is 52.0 Å². The first-order valence-corrected chi connectivity index (χ1v) is 28.1. The number of nitrogens with zero attached hydrogens (tertiary/aromatic N) is 2. The summed E-state index contributed by atoms with van der Waals surface area (Å²) in [6.07, 6.45) is 17.4. The minimum absolute atomic E-state index is 0.0248. The van der Waals surface area contributed by atoms with Crippen molar-refractivity contribution in [1.82, 2.24) is 9.13 Å². The third kappa shape index (κ3) is 7.93. The molecule has 4 aliphatic carbocycles. The van der Waals surface area contributed by atoms with Gasteiger partial charge in [0.15, 0.2) is 34.8 Å². The van der Waals surface area contributed by atoms with E-state index in [0.29, 0.717) is 41.4 Å². The maximum Gasteiger partial charge on any atom is 0.198 e. The number of Topliss-reactive ketones (excluding diaryl/α,β-unsaturated/α-hetero) is 4. The molecule has 5 aromatic heterocycles. The molecule has 0 amide bonds. The van der Waals surface area contributed by atoms with Gasteiger partial charge in [-0.05, 0) is 134 Å². The van der Waals surface area contributed by atoms with Gasteiger partial charge in [-0.15, -0.1) is 34.0 Å². The second kappa shape index (κ2) is 18.9. The fourth-order valence-electron chi connectivity index (χ4n) is 11.7. The molecule has 0 radical (unpaired) electrons. The normalized spacial score (nSPS) is 18.3. The number of allylic oxidation sites excluding steroid dienone is 8. The Kier molecular flexibility index (Phi) is 12.7. The molecule has 0 spiro atoms. The van der Waals surface area contributed by atoms with Crippen molar-refractivity contribution in [3.05, 3.63) is 126 Å². The molecule has 0 N–H and O–H groups in total. The number of rotatable bonds is 14. The first-order chi connectivity index (χ1) is 34.3. The van der Waals surface area contributed by atoms with E-state index in [1.807, 2.05) is 17.4 Å². The van der Waals surface area contributed by atoms with Crippen molar-refractivity contribution in [2.75, 3.05) is 0 Å². The summed E-state index contributed by atoms with van der Waals surface area (Å²) in [5.74, 6) is -3.56. The average Bonchev–Trinajstić information content (AvgIpc) is 4.23. The van der Waals surface area contributed by atoms with Gasteiger partial charge in [0, 0.05) is 45.1 Å². The molecule has 12 heteroatoms. The molecule has 71 heavy (non-hydrogen) atoms. The van der Waals surface area contributed by atoms with Crippen LogP contribution in [0.2, 0.25) is 0 Å². The lowest BCUT2D eigenvalue weighted by molar-refractivity contribution is 0.0971. The molecule has 11 rings (SSSR count). The highest BCUT2D eigenvalue weighted by Gasteiger charge is 2.39. The summed E-state index contributed by atoms with van der Waals surface area (Å²) in [6.45, 7) is 12.5. The number of benzene rings is 2. The molecule has 6 nitrogen and oxygen atoms in total. The molecule has 0 saturated heterocycles. The Labute approximate surface area is 423 Å². The monoisotopic (exact) mass is 1010 g/mol. The van der Waals surface area contributed by atoms with Crippen LogP contribution in [0.15, 0.2) is 70.8 Å². The number of aryl methyl sites for hydroxylation is 1. The Morgan fingerprint density at radius 3 is 1.34 bits per heavy atom. The molecule has 0 fully saturated rings. The highest BCUT2D eigenvalue weighted by molar-refractivity contribution is 7.34. The molecule has 0 aliphatic heterocycles. The molecule has 5 heterocycles. The first-order valence-electron chi connectivity index (χ1n) is 25.7. The third-order valence-electron chi connectivity index (χ3n) is 15.8. The zero-order valence-corrected chi connectivity index (χ0v) is 43.4. The summed E-state index contributed by atoms with van der Waals surface area (Å²) in [7, 11) is 0. The average molecular weight is 1010 g/mol. The van der Waals surface area contributed by atoms with Gasteiger partial charge >= 0.3 is 0 Å². The van der Waals surface area contributed by atoms with Crippen molar-refractivity contribution in [3.8, 4) is 0 Å². The molecular weight excluding hydrogens is 954 g/mol. The molecule has 2 unspecified atom stereocenters. The Hall–Kier alpha value is -5.43. The maximum atomic E-state index is 14.7. The zero-order valence-electron chi connectivity index (χ0n) is 41.0. The lowest BCUT2D eigenvalue weighted by atomic mass is 9.89. The minimum atomic E-state index is -1.14. The van der Waals surface area contributed by atoms with Crippen molar-refractivity contribution in [3.63, 3.8) is 0 Å². The molecule has 2 atom stereocenters. The van der Waals surface area contributed by atoms with Gasteiger partial charge in [0.2, 0.25) is 0 Å². The number of carbonyl (C=O) groups excluding carboxylic acids is 4. The van der Waals surface area contributed by atoms with E-state index in [2.05, 4.69) is 55.0 Å². The van der Waals surface area contributed by atoms with Gasteiger partial charge in [0.25, 0.3) is 0 Å². The molecular formula is C59H57F3N2O4S3. The van der Waals surface area contributed by atoms with E-state index in [1.54, 1.807) is 29.6 Å². The SMILES string of the molecule is CCCCC(CC)Cn1c2cc(C3=CC(=C4C(=O)c5cc(F)c(F)cc5C4=O)CCC3)sc2c2sc3c4sc(C5=C/C(=C6/C(=O)c7cc(C)c(F)cc7C6=O)CCC5)cc4n(CC(CC)CCCC)c3c21. The van der Waals surface area contributed by atoms with Gasteiger partial charge in [-0.2, -0.15) is 0 Å². The van der Waals surface area contributed by atoms with Gasteiger partial charge in [-0.25, -0.2) is 13.2 Å². The summed E-state index contributed by atoms with van der Waals surface area (Å²) in [4.78, 5) is 57.0. The van der Waals surface area contributed by atoms with Crippen LogP contribution in [0.5, 0.6) is 0 Å². The quantitative estimate of drug-likeness (QED) is 0.0803. The van der Waals surface area contributed by atoms with Crippen molar-refractivity contribution in [2.45, 2.75) is 138 Å². The second-order valence-electron chi connectivity index (χ2n) is 20.3. The van der Waals surface area contributed by atoms with E-state index >= 15 is 0 Å². The number of carbonyl (C=O) groups is 4. The van der Waals surface area contributed by atoms with E-state index in [0.717, 1.165) is 122 Å². The fourth-order valence-corrected chi connectivity index (χ4v) is 15.7. The van der Waals surface area contributed by atoms with E-state index in [4.69, 9.17) is 0 Å². The molecule has 7 aromatic rings. The topological polar surface area (TPSA) is 78.1 Å². The van der Waals surface area contributed by atoms with Crippen LogP contribution in [0.4, 0.5) is 13.2 Å². The van der Waals surface area contributed by atoms with Crippen molar-refractivity contribution >= 4 is 109 Å². The Morgan fingerprint density at radius 2 is 0.930 bits per heavy atom. The zero-order chi connectivity index (χ0) is 49.6. The number of fused-ring (bicyclic) bond motifs is 9. The largest absolute Gasteiger partial charge is 0.337 e. The van der Waals surface area contributed by atoms with Gasteiger partial charge in [0.05, 0.1) is 52.0 Å². The number of aromatic nitrogens is 2. The summed E-state index contributed by atoms with van der Waals surface area (Å²) in [6, 6.07) is 9.12. The van der Waals surface area contributed by atoms with Crippen LogP contribution < -0.4 is 0 Å². The number of hydrogen-bond donors (Lipinski definition) is 0. The summed E-state index contributed by atoms with van der Waals surface area (Å²) >= 11 is 5.45. The van der Waals surface area contributed by atoms with Crippen LogP contribution in [-0.4, -0.2) is 32.3 Å². The van der Waals surface area contributed by atoms with Gasteiger partial charge in [-0.3, -0.25) is 19.2 Å². The van der Waals surface area contributed by atoms with Crippen LogP contribution in [0.1, 0.15) is 174 Å².